The summed E-state index contributed by atoms with van der Waals surface area (Å²) in [4.78, 5) is 0. The first-order valence-electron chi connectivity index (χ1n) is 8.22. The molecule has 3 fully saturated rings. The van der Waals surface area contributed by atoms with Gasteiger partial charge in [-0.15, -0.1) is 0 Å². The van der Waals surface area contributed by atoms with E-state index >= 15 is 0 Å². The largest absolute Gasteiger partial charge is 0.0625 e. The Hall–Kier alpha value is 0. The van der Waals surface area contributed by atoms with Crippen LogP contribution in [0.4, 0.5) is 0 Å². The lowest BCUT2D eigenvalue weighted by atomic mass is 9.55. The van der Waals surface area contributed by atoms with Crippen LogP contribution in [0.2, 0.25) is 0 Å². The van der Waals surface area contributed by atoms with Gasteiger partial charge in [-0.2, -0.15) is 0 Å². The summed E-state index contributed by atoms with van der Waals surface area (Å²) in [5, 5.41) is 0. The molecular formula is C17H30. The van der Waals surface area contributed by atoms with Crippen molar-refractivity contribution in [3.8, 4) is 0 Å². The molecule has 0 aliphatic heterocycles. The summed E-state index contributed by atoms with van der Waals surface area (Å²) in [6.07, 6.45) is 20.2. The third-order valence-corrected chi connectivity index (χ3v) is 6.62. The first-order valence-corrected chi connectivity index (χ1v) is 8.22. The van der Waals surface area contributed by atoms with Gasteiger partial charge in [-0.25, -0.2) is 0 Å². The van der Waals surface area contributed by atoms with Crippen molar-refractivity contribution in [1.82, 2.24) is 0 Å². The first kappa shape index (κ1) is 12.1. The molecular weight excluding hydrogens is 204 g/mol. The van der Waals surface area contributed by atoms with Crippen LogP contribution in [0.1, 0.15) is 90.4 Å². The molecule has 17 heavy (non-hydrogen) atoms. The van der Waals surface area contributed by atoms with E-state index in [0.29, 0.717) is 0 Å². The van der Waals surface area contributed by atoms with Crippen LogP contribution in [0.25, 0.3) is 0 Å². The van der Waals surface area contributed by atoms with Gasteiger partial charge in [0.15, 0.2) is 0 Å². The fourth-order valence-corrected chi connectivity index (χ4v) is 4.99. The van der Waals surface area contributed by atoms with Gasteiger partial charge >= 0.3 is 0 Å². The molecule has 3 rings (SSSR count). The lowest BCUT2D eigenvalue weighted by molar-refractivity contribution is 0.0150. The van der Waals surface area contributed by atoms with E-state index in [9.17, 15) is 0 Å². The highest BCUT2D eigenvalue weighted by Gasteiger charge is 2.43. The predicted octanol–water partition coefficient (Wildman–Crippen LogP) is 5.71. The lowest BCUT2D eigenvalue weighted by Crippen LogP contribution is -2.37. The second kappa shape index (κ2) is 4.59. The van der Waals surface area contributed by atoms with E-state index in [2.05, 4.69) is 6.92 Å². The fourth-order valence-electron chi connectivity index (χ4n) is 4.99. The summed E-state index contributed by atoms with van der Waals surface area (Å²) in [6, 6.07) is 0. The van der Waals surface area contributed by atoms with E-state index in [1.165, 1.54) is 32.1 Å². The second-order valence-corrected chi connectivity index (χ2v) is 7.74. The molecule has 98 valence electrons. The molecule has 2 spiro atoms. The summed E-state index contributed by atoms with van der Waals surface area (Å²) < 4.78 is 0. The van der Waals surface area contributed by atoms with Crippen molar-refractivity contribution in [1.29, 1.82) is 0 Å². The number of hydrogen-bond acceptors (Lipinski definition) is 0. The Kier molecular flexibility index (Phi) is 3.26. The summed E-state index contributed by atoms with van der Waals surface area (Å²) >= 11 is 0. The summed E-state index contributed by atoms with van der Waals surface area (Å²) in [6.45, 7) is 2.46. The van der Waals surface area contributed by atoms with Gasteiger partial charge in [-0.3, -0.25) is 0 Å². The first-order chi connectivity index (χ1) is 8.22. The zero-order valence-corrected chi connectivity index (χ0v) is 11.8. The molecule has 0 bridgehead atoms. The molecule has 0 amide bonds. The normalized spacial score (nSPS) is 33.0. The van der Waals surface area contributed by atoms with Crippen LogP contribution in [-0.4, -0.2) is 0 Å². The smallest absolute Gasteiger partial charge is 0.0297 e. The monoisotopic (exact) mass is 234 g/mol. The molecule has 3 aliphatic rings. The second-order valence-electron chi connectivity index (χ2n) is 7.74. The molecule has 0 saturated heterocycles. The van der Waals surface area contributed by atoms with Crippen LogP contribution in [0.5, 0.6) is 0 Å². The minimum Gasteiger partial charge on any atom is -0.0625 e. The summed E-state index contributed by atoms with van der Waals surface area (Å²) in [5.41, 5.74) is 1.64. The molecule has 0 heteroatoms. The van der Waals surface area contributed by atoms with Gasteiger partial charge in [0, 0.05) is 0 Å². The maximum absolute atomic E-state index is 2.46. The van der Waals surface area contributed by atoms with Crippen LogP contribution in [-0.2, 0) is 0 Å². The van der Waals surface area contributed by atoms with Gasteiger partial charge in [0.1, 0.15) is 0 Å². The SMILES string of the molecule is CC1CCC2(CC1)CCC1(CCCCC1)CC2. The minimum absolute atomic E-state index is 0.815. The minimum atomic E-state index is 0.815. The highest BCUT2D eigenvalue weighted by Crippen LogP contribution is 2.57. The molecule has 0 radical (unpaired) electrons. The van der Waals surface area contributed by atoms with Crippen LogP contribution in [0, 0.1) is 16.7 Å². The van der Waals surface area contributed by atoms with Crippen molar-refractivity contribution >= 4 is 0 Å². The molecule has 0 atom stereocenters. The van der Waals surface area contributed by atoms with Crippen molar-refractivity contribution in [3.05, 3.63) is 0 Å². The Bertz CT molecular complexity index is 239. The standard InChI is InChI=1S/C17H30/c1-15-5-9-17(10-6-15)13-11-16(12-14-17)7-3-2-4-8-16/h15H,2-14H2,1H3. The van der Waals surface area contributed by atoms with Crippen molar-refractivity contribution in [2.24, 2.45) is 16.7 Å². The van der Waals surface area contributed by atoms with E-state index < -0.39 is 0 Å². The van der Waals surface area contributed by atoms with Gasteiger partial charge in [0.2, 0.25) is 0 Å². The van der Waals surface area contributed by atoms with Crippen LogP contribution >= 0.6 is 0 Å². The van der Waals surface area contributed by atoms with Crippen LogP contribution in [0.3, 0.4) is 0 Å². The maximum Gasteiger partial charge on any atom is -0.0297 e. The van der Waals surface area contributed by atoms with Crippen molar-refractivity contribution in [2.45, 2.75) is 90.4 Å². The van der Waals surface area contributed by atoms with E-state index in [4.69, 9.17) is 0 Å². The van der Waals surface area contributed by atoms with Crippen LogP contribution in [0.15, 0.2) is 0 Å². The molecule has 0 N–H and O–H groups in total. The Morgan fingerprint density at radius 2 is 1.06 bits per heavy atom. The highest BCUT2D eigenvalue weighted by atomic mass is 14.5. The summed E-state index contributed by atoms with van der Waals surface area (Å²) in [5.74, 6) is 1.02. The van der Waals surface area contributed by atoms with E-state index in [1.807, 2.05) is 0 Å². The van der Waals surface area contributed by atoms with Gasteiger partial charge in [-0.1, -0.05) is 39.0 Å². The van der Waals surface area contributed by atoms with E-state index in [-0.39, 0.29) is 0 Å². The number of hydrogen-bond donors (Lipinski definition) is 0. The van der Waals surface area contributed by atoms with Crippen LogP contribution < -0.4 is 0 Å². The van der Waals surface area contributed by atoms with E-state index in [1.54, 1.807) is 51.4 Å². The molecule has 0 aromatic heterocycles. The quantitative estimate of drug-likeness (QED) is 0.504. The lowest BCUT2D eigenvalue weighted by Gasteiger charge is -2.50. The van der Waals surface area contributed by atoms with E-state index in [0.717, 1.165) is 16.7 Å². The van der Waals surface area contributed by atoms with Gasteiger partial charge in [-0.05, 0) is 68.1 Å². The molecule has 0 heterocycles. The predicted molar refractivity (Wildman–Crippen MR) is 74.1 cm³/mol. The Balaban J connectivity index is 1.59. The molecule has 0 nitrogen and oxygen atoms in total. The summed E-state index contributed by atoms with van der Waals surface area (Å²) in [7, 11) is 0. The Morgan fingerprint density at radius 1 is 0.588 bits per heavy atom. The molecule has 0 unspecified atom stereocenters. The van der Waals surface area contributed by atoms with Gasteiger partial charge < -0.3 is 0 Å². The average Bonchev–Trinajstić information content (AvgIpc) is 2.38. The fraction of sp³-hybridized carbons (Fsp3) is 1.00. The molecule has 3 aliphatic carbocycles. The topological polar surface area (TPSA) is 0 Å². The molecule has 0 aromatic carbocycles. The molecule has 3 saturated carbocycles. The third kappa shape index (κ3) is 2.42. The van der Waals surface area contributed by atoms with Crippen molar-refractivity contribution in [2.75, 3.05) is 0 Å². The number of rotatable bonds is 0. The highest BCUT2D eigenvalue weighted by molar-refractivity contribution is 4.95. The van der Waals surface area contributed by atoms with Crippen molar-refractivity contribution in [3.63, 3.8) is 0 Å². The maximum atomic E-state index is 2.46. The third-order valence-electron chi connectivity index (χ3n) is 6.62. The van der Waals surface area contributed by atoms with Gasteiger partial charge in [0.25, 0.3) is 0 Å². The zero-order valence-electron chi connectivity index (χ0n) is 11.8. The Morgan fingerprint density at radius 3 is 1.59 bits per heavy atom. The zero-order chi connectivity index (χ0) is 11.8. The van der Waals surface area contributed by atoms with Crippen molar-refractivity contribution < 1.29 is 0 Å². The average molecular weight is 234 g/mol. The Labute approximate surface area is 108 Å². The molecule has 0 aromatic rings. The van der Waals surface area contributed by atoms with Gasteiger partial charge in [0.05, 0.1) is 0 Å².